The van der Waals surface area contributed by atoms with Crippen molar-refractivity contribution in [3.8, 4) is 0 Å². The number of ketones is 1. The Bertz CT molecular complexity index is 404. The van der Waals surface area contributed by atoms with Crippen molar-refractivity contribution in [1.82, 2.24) is 4.98 Å². The highest BCUT2D eigenvalue weighted by molar-refractivity contribution is 7.09. The number of aromatic nitrogens is 1. The maximum Gasteiger partial charge on any atom is 0.144 e. The van der Waals surface area contributed by atoms with Gasteiger partial charge in [-0.3, -0.25) is 4.79 Å². The van der Waals surface area contributed by atoms with Gasteiger partial charge in [0, 0.05) is 23.3 Å². The Morgan fingerprint density at radius 3 is 2.44 bits per heavy atom. The van der Waals surface area contributed by atoms with Gasteiger partial charge >= 0.3 is 0 Å². The van der Waals surface area contributed by atoms with Crippen LogP contribution < -0.4 is 5.73 Å². The summed E-state index contributed by atoms with van der Waals surface area (Å²) in [6, 6.07) is 0. The molecule has 1 atom stereocenters. The van der Waals surface area contributed by atoms with Gasteiger partial charge in [0.2, 0.25) is 0 Å². The predicted molar refractivity (Wildman–Crippen MR) is 76.9 cm³/mol. The van der Waals surface area contributed by atoms with Crippen LogP contribution in [0.25, 0.3) is 0 Å². The molecule has 4 heteroatoms. The van der Waals surface area contributed by atoms with Gasteiger partial charge in [-0.1, -0.05) is 34.6 Å². The van der Waals surface area contributed by atoms with Gasteiger partial charge in [-0.2, -0.15) is 0 Å². The third-order valence-electron chi connectivity index (χ3n) is 3.12. The van der Waals surface area contributed by atoms with Crippen LogP contribution in [-0.4, -0.2) is 17.3 Å². The second-order valence-corrected chi connectivity index (χ2v) is 7.05. The van der Waals surface area contributed by atoms with E-state index in [0.29, 0.717) is 18.9 Å². The summed E-state index contributed by atoms with van der Waals surface area (Å²) < 4.78 is 0. The van der Waals surface area contributed by atoms with E-state index in [-0.39, 0.29) is 17.1 Å². The molecule has 0 amide bonds. The Balaban J connectivity index is 2.74. The molecule has 3 nitrogen and oxygen atoms in total. The number of carbonyl (C=O) groups is 1. The predicted octanol–water partition coefficient (Wildman–Crippen LogP) is 2.78. The van der Waals surface area contributed by atoms with Crippen LogP contribution in [0.2, 0.25) is 0 Å². The van der Waals surface area contributed by atoms with E-state index in [0.717, 1.165) is 10.7 Å². The van der Waals surface area contributed by atoms with Crippen molar-refractivity contribution in [3.63, 3.8) is 0 Å². The van der Waals surface area contributed by atoms with Crippen molar-refractivity contribution in [2.75, 3.05) is 6.54 Å². The van der Waals surface area contributed by atoms with Crippen molar-refractivity contribution in [1.29, 1.82) is 0 Å². The van der Waals surface area contributed by atoms with Crippen LogP contribution in [0.3, 0.4) is 0 Å². The van der Waals surface area contributed by atoms with Crippen LogP contribution in [0.4, 0.5) is 0 Å². The number of hydrogen-bond acceptors (Lipinski definition) is 4. The van der Waals surface area contributed by atoms with Gasteiger partial charge in [-0.15, -0.1) is 11.3 Å². The molecule has 1 heterocycles. The van der Waals surface area contributed by atoms with Crippen molar-refractivity contribution in [3.05, 3.63) is 16.1 Å². The zero-order chi connectivity index (χ0) is 13.9. The highest BCUT2D eigenvalue weighted by Gasteiger charge is 2.23. The molecule has 0 radical (unpaired) electrons. The minimum Gasteiger partial charge on any atom is -0.330 e. The largest absolute Gasteiger partial charge is 0.330 e. The molecule has 1 aromatic rings. The van der Waals surface area contributed by atoms with E-state index in [9.17, 15) is 4.79 Å². The van der Waals surface area contributed by atoms with Crippen LogP contribution in [0.5, 0.6) is 0 Å². The Labute approximate surface area is 114 Å². The fourth-order valence-electron chi connectivity index (χ4n) is 1.79. The lowest BCUT2D eigenvalue weighted by Crippen LogP contribution is -2.29. The maximum atomic E-state index is 12.1. The second kappa shape index (κ2) is 5.93. The Kier molecular flexibility index (Phi) is 5.05. The van der Waals surface area contributed by atoms with Gasteiger partial charge in [0.1, 0.15) is 10.8 Å². The lowest BCUT2D eigenvalue weighted by atomic mass is 9.90. The fourth-order valence-corrected chi connectivity index (χ4v) is 2.82. The van der Waals surface area contributed by atoms with E-state index < -0.39 is 0 Å². The number of nitrogens with zero attached hydrogens (tertiary/aromatic N) is 1. The summed E-state index contributed by atoms with van der Waals surface area (Å²) in [6.45, 7) is 10.9. The van der Waals surface area contributed by atoms with E-state index in [1.165, 1.54) is 0 Å². The first-order valence-electron chi connectivity index (χ1n) is 6.43. The summed E-state index contributed by atoms with van der Waals surface area (Å²) in [5.41, 5.74) is 6.77. The highest BCUT2D eigenvalue weighted by Crippen LogP contribution is 2.25. The Morgan fingerprint density at radius 1 is 1.44 bits per heavy atom. The highest BCUT2D eigenvalue weighted by atomic mass is 32.1. The minimum absolute atomic E-state index is 0.0448. The van der Waals surface area contributed by atoms with Crippen LogP contribution in [0.15, 0.2) is 5.38 Å². The molecule has 1 rings (SSSR count). The SMILES string of the molecule is CC(C)C(CN)C(=O)Cc1nc(C(C)(C)C)cs1. The van der Waals surface area contributed by atoms with Crippen LogP contribution in [0, 0.1) is 11.8 Å². The zero-order valence-corrected chi connectivity index (χ0v) is 12.8. The summed E-state index contributed by atoms with van der Waals surface area (Å²) in [5, 5.41) is 2.96. The smallest absolute Gasteiger partial charge is 0.144 e. The van der Waals surface area contributed by atoms with Crippen LogP contribution in [0.1, 0.15) is 45.3 Å². The van der Waals surface area contributed by atoms with Gasteiger partial charge in [-0.25, -0.2) is 4.98 Å². The molecule has 0 saturated heterocycles. The number of nitrogens with two attached hydrogens (primary N) is 1. The first kappa shape index (κ1) is 15.3. The first-order chi connectivity index (χ1) is 8.25. The normalized spacial score (nSPS) is 13.9. The third kappa shape index (κ3) is 3.89. The monoisotopic (exact) mass is 268 g/mol. The quantitative estimate of drug-likeness (QED) is 0.893. The fraction of sp³-hybridized carbons (Fsp3) is 0.714. The summed E-state index contributed by atoms with van der Waals surface area (Å²) in [5.74, 6) is 0.457. The molecule has 0 aliphatic rings. The number of carbonyl (C=O) groups excluding carboxylic acids is 1. The summed E-state index contributed by atoms with van der Waals surface area (Å²) in [7, 11) is 0. The zero-order valence-electron chi connectivity index (χ0n) is 12.0. The summed E-state index contributed by atoms with van der Waals surface area (Å²) in [4.78, 5) is 16.7. The molecule has 102 valence electrons. The summed E-state index contributed by atoms with van der Waals surface area (Å²) in [6.07, 6.45) is 0.417. The van der Waals surface area contributed by atoms with E-state index in [2.05, 4.69) is 31.1 Å². The molecular formula is C14H24N2OS. The second-order valence-electron chi connectivity index (χ2n) is 6.11. The van der Waals surface area contributed by atoms with E-state index in [4.69, 9.17) is 5.73 Å². The molecule has 1 unspecified atom stereocenters. The molecule has 0 spiro atoms. The molecule has 1 aromatic heterocycles. The number of hydrogen-bond donors (Lipinski definition) is 1. The molecule has 18 heavy (non-hydrogen) atoms. The molecular weight excluding hydrogens is 244 g/mol. The van der Waals surface area contributed by atoms with Gasteiger partial charge in [-0.05, 0) is 5.92 Å². The average molecular weight is 268 g/mol. The van der Waals surface area contributed by atoms with E-state index in [1.807, 2.05) is 13.8 Å². The van der Waals surface area contributed by atoms with Gasteiger partial charge in [0.25, 0.3) is 0 Å². The summed E-state index contributed by atoms with van der Waals surface area (Å²) >= 11 is 1.57. The molecule has 0 aliphatic carbocycles. The molecule has 0 fully saturated rings. The van der Waals surface area contributed by atoms with E-state index >= 15 is 0 Å². The maximum absolute atomic E-state index is 12.1. The van der Waals surface area contributed by atoms with Gasteiger partial charge < -0.3 is 5.73 Å². The number of Topliss-reactive ketones (excluding diaryl/α,β-unsaturated/α-hetero) is 1. The molecule has 0 saturated carbocycles. The van der Waals surface area contributed by atoms with Crippen LogP contribution >= 0.6 is 11.3 Å². The number of rotatable bonds is 5. The lowest BCUT2D eigenvalue weighted by Gasteiger charge is -2.17. The van der Waals surface area contributed by atoms with Crippen molar-refractivity contribution in [2.45, 2.75) is 46.5 Å². The molecule has 0 aliphatic heterocycles. The first-order valence-corrected chi connectivity index (χ1v) is 7.31. The molecule has 0 aromatic carbocycles. The van der Waals surface area contributed by atoms with Crippen LogP contribution in [-0.2, 0) is 16.6 Å². The Morgan fingerprint density at radius 2 is 2.06 bits per heavy atom. The topological polar surface area (TPSA) is 56.0 Å². The third-order valence-corrected chi connectivity index (χ3v) is 3.97. The Hall–Kier alpha value is -0.740. The van der Waals surface area contributed by atoms with Gasteiger partial charge in [0.15, 0.2) is 0 Å². The van der Waals surface area contributed by atoms with E-state index in [1.54, 1.807) is 11.3 Å². The molecule has 0 bridgehead atoms. The standard InChI is InChI=1S/C14H24N2OS/c1-9(2)10(7-15)11(17)6-13-16-12(8-18-13)14(3,4)5/h8-10H,6-7,15H2,1-5H3. The van der Waals surface area contributed by atoms with Crippen molar-refractivity contribution >= 4 is 17.1 Å². The van der Waals surface area contributed by atoms with Crippen molar-refractivity contribution < 1.29 is 4.79 Å². The number of thiazole rings is 1. The van der Waals surface area contributed by atoms with Gasteiger partial charge in [0.05, 0.1) is 12.1 Å². The van der Waals surface area contributed by atoms with Crippen molar-refractivity contribution in [2.24, 2.45) is 17.6 Å². The minimum atomic E-state index is -0.0491. The average Bonchev–Trinajstić information content (AvgIpc) is 2.65. The lowest BCUT2D eigenvalue weighted by molar-refractivity contribution is -0.123. The molecule has 2 N–H and O–H groups in total.